The van der Waals surface area contributed by atoms with Crippen LogP contribution in [-0.2, 0) is 24.5 Å². The van der Waals surface area contributed by atoms with E-state index < -0.39 is 5.82 Å². The van der Waals surface area contributed by atoms with Crippen LogP contribution in [0, 0.1) is 9.39 Å². The fourth-order valence-corrected chi connectivity index (χ4v) is 3.89. The van der Waals surface area contributed by atoms with Gasteiger partial charge in [0.2, 0.25) is 0 Å². The largest absolute Gasteiger partial charge is 0.383 e. The summed E-state index contributed by atoms with van der Waals surface area (Å²) < 4.78 is 20.6. The number of rotatable bonds is 5. The molecule has 7 nitrogen and oxygen atoms in total. The molecule has 0 bridgehead atoms. The number of nitrogens with two attached hydrogens (primary N) is 1. The molecule has 0 aliphatic carbocycles. The van der Waals surface area contributed by atoms with Gasteiger partial charge in [-0.2, -0.15) is 0 Å². The van der Waals surface area contributed by atoms with Gasteiger partial charge in [0.25, 0.3) is 5.91 Å². The number of anilines is 1. The maximum absolute atomic E-state index is 14.4. The number of ether oxygens (including phenoxy) is 1. The number of carbonyl (C=O) groups is 1. The fraction of sp³-hybridized carbons (Fsp3) is 0.350. The third-order valence-electron chi connectivity index (χ3n) is 5.32. The molecule has 0 spiro atoms. The SMILES string of the molecule is CC[C@@H](C)N(Cc1ncc(I)cc1F)C(=O)c1cc2nc(N)c3c(c2[nH]1)COC3. The number of nitrogen functional groups attached to an aromatic ring is 1. The first-order chi connectivity index (χ1) is 13.9. The van der Waals surface area contributed by atoms with Gasteiger partial charge in [0, 0.05) is 26.9 Å². The van der Waals surface area contributed by atoms with Crippen molar-refractivity contribution in [1.29, 1.82) is 0 Å². The van der Waals surface area contributed by atoms with E-state index in [-0.39, 0.29) is 24.2 Å². The molecule has 152 valence electrons. The van der Waals surface area contributed by atoms with Crippen LogP contribution in [0.25, 0.3) is 11.0 Å². The molecule has 0 fully saturated rings. The lowest BCUT2D eigenvalue weighted by molar-refractivity contribution is 0.0661. The Morgan fingerprint density at radius 2 is 2.17 bits per heavy atom. The number of carbonyl (C=O) groups excluding carboxylic acids is 1. The van der Waals surface area contributed by atoms with E-state index in [1.165, 1.54) is 6.07 Å². The Labute approximate surface area is 181 Å². The van der Waals surface area contributed by atoms with E-state index in [0.29, 0.717) is 33.8 Å². The van der Waals surface area contributed by atoms with Crippen molar-refractivity contribution >= 4 is 45.3 Å². The third kappa shape index (κ3) is 3.68. The lowest BCUT2D eigenvalue weighted by Gasteiger charge is -2.28. The highest BCUT2D eigenvalue weighted by Gasteiger charge is 2.26. The molecule has 9 heteroatoms. The highest BCUT2D eigenvalue weighted by Crippen LogP contribution is 2.31. The molecule has 0 aromatic carbocycles. The molecule has 0 saturated carbocycles. The number of aromatic nitrogens is 3. The lowest BCUT2D eigenvalue weighted by Crippen LogP contribution is -2.38. The smallest absolute Gasteiger partial charge is 0.270 e. The molecule has 4 rings (SSSR count). The van der Waals surface area contributed by atoms with Crippen LogP contribution in [0.1, 0.15) is 47.6 Å². The Morgan fingerprint density at radius 1 is 1.41 bits per heavy atom. The monoisotopic (exact) mass is 509 g/mol. The molecule has 3 N–H and O–H groups in total. The van der Waals surface area contributed by atoms with Crippen LogP contribution in [0.15, 0.2) is 18.3 Å². The van der Waals surface area contributed by atoms with Gasteiger partial charge < -0.3 is 20.4 Å². The van der Waals surface area contributed by atoms with E-state index in [4.69, 9.17) is 10.5 Å². The summed E-state index contributed by atoms with van der Waals surface area (Å²) in [5.41, 5.74) is 9.85. The summed E-state index contributed by atoms with van der Waals surface area (Å²) in [7, 11) is 0. The van der Waals surface area contributed by atoms with Crippen molar-refractivity contribution in [1.82, 2.24) is 19.9 Å². The Morgan fingerprint density at radius 3 is 2.90 bits per heavy atom. The summed E-state index contributed by atoms with van der Waals surface area (Å²) >= 11 is 2.01. The van der Waals surface area contributed by atoms with Gasteiger partial charge >= 0.3 is 0 Å². The van der Waals surface area contributed by atoms with Gasteiger partial charge in [-0.25, -0.2) is 9.37 Å². The van der Waals surface area contributed by atoms with E-state index in [1.54, 1.807) is 17.2 Å². The molecule has 0 saturated heterocycles. The highest BCUT2D eigenvalue weighted by molar-refractivity contribution is 14.1. The van der Waals surface area contributed by atoms with Crippen molar-refractivity contribution in [2.75, 3.05) is 5.73 Å². The standard InChI is InChI=1S/C20H21FIN5O2/c1-3-10(2)27(7-17-14(21)4-11(22)6-24-17)20(28)16-5-15-18(25-16)12-8-29-9-13(12)19(23)26-15/h4-6,10,25H,3,7-9H2,1-2H3,(H2,23,26)/t10-/m1/s1. The van der Waals surface area contributed by atoms with Crippen LogP contribution in [0.3, 0.4) is 0 Å². The van der Waals surface area contributed by atoms with Crippen molar-refractivity contribution in [3.8, 4) is 0 Å². The number of fused-ring (bicyclic) bond motifs is 3. The van der Waals surface area contributed by atoms with Gasteiger partial charge in [-0.15, -0.1) is 0 Å². The minimum Gasteiger partial charge on any atom is -0.383 e. The number of H-pyrrole nitrogens is 1. The first-order valence-electron chi connectivity index (χ1n) is 9.37. The topological polar surface area (TPSA) is 97.1 Å². The molecule has 29 heavy (non-hydrogen) atoms. The van der Waals surface area contributed by atoms with Gasteiger partial charge in [-0.1, -0.05) is 6.92 Å². The van der Waals surface area contributed by atoms with Crippen molar-refractivity contribution in [2.45, 2.75) is 46.1 Å². The van der Waals surface area contributed by atoms with Crippen LogP contribution in [0.4, 0.5) is 10.2 Å². The zero-order chi connectivity index (χ0) is 20.7. The van der Waals surface area contributed by atoms with Gasteiger partial charge in [0.15, 0.2) is 0 Å². The Hall–Kier alpha value is -2.27. The molecule has 1 aliphatic rings. The predicted octanol–water partition coefficient (Wildman–Crippen LogP) is 3.75. The molecule has 1 aliphatic heterocycles. The molecule has 4 heterocycles. The molecule has 3 aromatic heterocycles. The number of nitrogens with one attached hydrogen (secondary N) is 1. The number of hydrogen-bond donors (Lipinski definition) is 2. The molecular weight excluding hydrogens is 488 g/mol. The summed E-state index contributed by atoms with van der Waals surface area (Å²) in [6.07, 6.45) is 2.32. The van der Waals surface area contributed by atoms with Crippen molar-refractivity contribution in [2.24, 2.45) is 0 Å². The normalized spacial score (nSPS) is 14.2. The van der Waals surface area contributed by atoms with E-state index in [9.17, 15) is 9.18 Å². The number of halogens is 2. The highest BCUT2D eigenvalue weighted by atomic mass is 127. The van der Waals surface area contributed by atoms with E-state index >= 15 is 0 Å². The molecule has 1 atom stereocenters. The van der Waals surface area contributed by atoms with E-state index in [1.807, 2.05) is 36.4 Å². The number of aromatic amines is 1. The maximum Gasteiger partial charge on any atom is 0.270 e. The average Bonchev–Trinajstić information content (AvgIpc) is 3.33. The molecule has 0 radical (unpaired) electrons. The quantitative estimate of drug-likeness (QED) is 0.511. The minimum atomic E-state index is -0.418. The average molecular weight is 509 g/mol. The number of hydrogen-bond acceptors (Lipinski definition) is 5. The van der Waals surface area contributed by atoms with Crippen LogP contribution < -0.4 is 5.73 Å². The van der Waals surface area contributed by atoms with Gasteiger partial charge in [0.05, 0.1) is 36.5 Å². The second-order valence-corrected chi connectivity index (χ2v) is 8.41. The Bertz CT molecular complexity index is 1100. The molecule has 0 unspecified atom stereocenters. The maximum atomic E-state index is 14.4. The number of nitrogens with zero attached hydrogens (tertiary/aromatic N) is 3. The zero-order valence-corrected chi connectivity index (χ0v) is 18.3. The second kappa shape index (κ2) is 7.86. The first-order valence-corrected chi connectivity index (χ1v) is 10.5. The Kier molecular flexibility index (Phi) is 5.43. The first kappa shape index (κ1) is 20.0. The van der Waals surface area contributed by atoms with Crippen molar-refractivity contribution < 1.29 is 13.9 Å². The fourth-order valence-electron chi connectivity index (χ4n) is 3.48. The minimum absolute atomic E-state index is 0.0861. The van der Waals surface area contributed by atoms with Crippen molar-refractivity contribution in [3.05, 3.63) is 50.2 Å². The van der Waals surface area contributed by atoms with Gasteiger partial charge in [-0.3, -0.25) is 9.78 Å². The summed E-state index contributed by atoms with van der Waals surface area (Å²) in [5.74, 6) is -0.227. The molecule has 3 aromatic rings. The summed E-state index contributed by atoms with van der Waals surface area (Å²) in [5, 5.41) is 0. The lowest BCUT2D eigenvalue weighted by atomic mass is 10.1. The summed E-state index contributed by atoms with van der Waals surface area (Å²) in [4.78, 5) is 26.7. The number of pyridine rings is 2. The van der Waals surface area contributed by atoms with Crippen LogP contribution >= 0.6 is 22.6 Å². The third-order valence-corrected chi connectivity index (χ3v) is 5.91. The van der Waals surface area contributed by atoms with Crippen LogP contribution in [0.5, 0.6) is 0 Å². The van der Waals surface area contributed by atoms with E-state index in [0.717, 1.165) is 23.1 Å². The molecule has 1 amide bonds. The van der Waals surface area contributed by atoms with Crippen LogP contribution in [0.2, 0.25) is 0 Å². The Balaban J connectivity index is 1.71. The van der Waals surface area contributed by atoms with Crippen LogP contribution in [-0.4, -0.2) is 31.8 Å². The zero-order valence-electron chi connectivity index (χ0n) is 16.1. The predicted molar refractivity (Wildman–Crippen MR) is 116 cm³/mol. The number of amides is 1. The summed E-state index contributed by atoms with van der Waals surface area (Å²) in [6, 6.07) is 3.02. The van der Waals surface area contributed by atoms with E-state index in [2.05, 4.69) is 15.0 Å². The summed E-state index contributed by atoms with van der Waals surface area (Å²) in [6.45, 7) is 4.86. The van der Waals surface area contributed by atoms with Crippen molar-refractivity contribution in [3.63, 3.8) is 0 Å². The molecular formula is C20H21FIN5O2. The van der Waals surface area contributed by atoms with Gasteiger partial charge in [0.1, 0.15) is 17.3 Å². The second-order valence-electron chi connectivity index (χ2n) is 7.16. The van der Waals surface area contributed by atoms with Gasteiger partial charge in [-0.05, 0) is 48.1 Å².